The first-order valence-corrected chi connectivity index (χ1v) is 6.36. The lowest BCUT2D eigenvalue weighted by atomic mass is 10.1. The molecule has 2 saturated heterocycles. The maximum atomic E-state index is 5.75. The largest absolute Gasteiger partial charge is 0.346 e. The zero-order chi connectivity index (χ0) is 12.4. The fourth-order valence-electron chi connectivity index (χ4n) is 2.54. The Labute approximate surface area is 106 Å². The molecular formula is C12H18N4O2. The van der Waals surface area contributed by atoms with E-state index in [-0.39, 0.29) is 0 Å². The van der Waals surface area contributed by atoms with E-state index < -0.39 is 5.79 Å². The van der Waals surface area contributed by atoms with Crippen molar-refractivity contribution < 1.29 is 9.47 Å². The summed E-state index contributed by atoms with van der Waals surface area (Å²) in [4.78, 5) is 10.9. The van der Waals surface area contributed by atoms with Gasteiger partial charge in [-0.05, 0) is 12.5 Å². The lowest BCUT2D eigenvalue weighted by Gasteiger charge is -2.38. The summed E-state index contributed by atoms with van der Waals surface area (Å²) in [7, 11) is 0. The summed E-state index contributed by atoms with van der Waals surface area (Å²) in [6.45, 7) is 3.42. The molecule has 2 aliphatic heterocycles. The number of hydrogen-bond acceptors (Lipinski definition) is 6. The van der Waals surface area contributed by atoms with E-state index >= 15 is 0 Å². The monoisotopic (exact) mass is 250 g/mol. The molecule has 3 rings (SSSR count). The summed E-state index contributed by atoms with van der Waals surface area (Å²) >= 11 is 0. The number of hydrogen-bond donors (Lipinski definition) is 1. The van der Waals surface area contributed by atoms with Crippen LogP contribution in [0.15, 0.2) is 12.3 Å². The van der Waals surface area contributed by atoms with Crippen molar-refractivity contribution in [1.82, 2.24) is 9.97 Å². The summed E-state index contributed by atoms with van der Waals surface area (Å²) in [6.07, 6.45) is 3.72. The number of nitrogens with two attached hydrogens (primary N) is 1. The molecule has 0 amide bonds. The lowest BCUT2D eigenvalue weighted by molar-refractivity contribution is -0.161. The number of anilines is 1. The van der Waals surface area contributed by atoms with Gasteiger partial charge in [0.1, 0.15) is 0 Å². The van der Waals surface area contributed by atoms with Gasteiger partial charge in [-0.3, -0.25) is 0 Å². The van der Waals surface area contributed by atoms with Gasteiger partial charge in [0.25, 0.3) is 0 Å². The van der Waals surface area contributed by atoms with E-state index in [1.807, 2.05) is 6.07 Å². The molecule has 3 heterocycles. The Morgan fingerprint density at radius 2 is 2.22 bits per heavy atom. The maximum absolute atomic E-state index is 5.75. The van der Waals surface area contributed by atoms with Gasteiger partial charge >= 0.3 is 0 Å². The molecule has 0 aromatic carbocycles. The number of nitrogens with zero attached hydrogens (tertiary/aromatic N) is 3. The Bertz CT molecular complexity index is 420. The number of rotatable bonds is 2. The molecule has 1 aromatic heterocycles. The van der Waals surface area contributed by atoms with E-state index in [2.05, 4.69) is 14.9 Å². The molecule has 2 aliphatic rings. The number of piperidine rings is 1. The SMILES string of the molecule is NCc1ccnc(N2CCCC3(C2)OCCO3)n1. The molecule has 18 heavy (non-hydrogen) atoms. The predicted molar refractivity (Wildman–Crippen MR) is 66.0 cm³/mol. The predicted octanol–water partition coefficient (Wildman–Crippen LogP) is 0.279. The highest BCUT2D eigenvalue weighted by Crippen LogP contribution is 2.31. The van der Waals surface area contributed by atoms with Gasteiger partial charge in [0.15, 0.2) is 5.79 Å². The van der Waals surface area contributed by atoms with E-state index in [1.165, 1.54) is 0 Å². The second-order valence-electron chi connectivity index (χ2n) is 4.68. The normalized spacial score (nSPS) is 22.6. The summed E-state index contributed by atoms with van der Waals surface area (Å²) in [5.41, 5.74) is 6.46. The summed E-state index contributed by atoms with van der Waals surface area (Å²) in [5, 5.41) is 0. The molecule has 0 radical (unpaired) electrons. The standard InChI is InChI=1S/C12H18N4O2/c13-8-10-2-4-14-11(15-10)16-5-1-3-12(9-16)17-6-7-18-12/h2,4H,1,3,5-9,13H2. The highest BCUT2D eigenvalue weighted by atomic mass is 16.7. The fraction of sp³-hybridized carbons (Fsp3) is 0.667. The molecule has 6 nitrogen and oxygen atoms in total. The highest BCUT2D eigenvalue weighted by Gasteiger charge is 2.41. The Kier molecular flexibility index (Phi) is 3.15. The van der Waals surface area contributed by atoms with Crippen LogP contribution >= 0.6 is 0 Å². The first-order valence-electron chi connectivity index (χ1n) is 6.36. The van der Waals surface area contributed by atoms with Crippen LogP contribution in [0, 0.1) is 0 Å². The van der Waals surface area contributed by atoms with Crippen LogP contribution in [0.3, 0.4) is 0 Å². The quantitative estimate of drug-likeness (QED) is 0.812. The van der Waals surface area contributed by atoms with Crippen LogP contribution in [-0.4, -0.2) is 42.1 Å². The van der Waals surface area contributed by atoms with Crippen LogP contribution in [-0.2, 0) is 16.0 Å². The molecule has 0 unspecified atom stereocenters. The zero-order valence-corrected chi connectivity index (χ0v) is 10.3. The van der Waals surface area contributed by atoms with Gasteiger partial charge in [-0.15, -0.1) is 0 Å². The third-order valence-electron chi connectivity index (χ3n) is 3.42. The van der Waals surface area contributed by atoms with E-state index in [1.54, 1.807) is 6.20 Å². The molecule has 2 fully saturated rings. The fourth-order valence-corrected chi connectivity index (χ4v) is 2.54. The third-order valence-corrected chi connectivity index (χ3v) is 3.42. The molecule has 0 bridgehead atoms. The molecular weight excluding hydrogens is 232 g/mol. The van der Waals surface area contributed by atoms with Gasteiger partial charge in [-0.25, -0.2) is 9.97 Å². The van der Waals surface area contributed by atoms with E-state index in [0.29, 0.717) is 26.3 Å². The minimum absolute atomic E-state index is 0.432. The molecule has 0 atom stereocenters. The molecule has 2 N–H and O–H groups in total. The van der Waals surface area contributed by atoms with Crippen LogP contribution in [0.4, 0.5) is 5.95 Å². The topological polar surface area (TPSA) is 73.5 Å². The third kappa shape index (κ3) is 2.19. The van der Waals surface area contributed by atoms with E-state index in [9.17, 15) is 0 Å². The minimum Gasteiger partial charge on any atom is -0.346 e. The van der Waals surface area contributed by atoms with Crippen molar-refractivity contribution in [1.29, 1.82) is 0 Å². The lowest BCUT2D eigenvalue weighted by Crippen LogP contribution is -2.49. The Morgan fingerprint density at radius 1 is 1.39 bits per heavy atom. The van der Waals surface area contributed by atoms with Crippen molar-refractivity contribution in [3.63, 3.8) is 0 Å². The van der Waals surface area contributed by atoms with E-state index in [4.69, 9.17) is 15.2 Å². The van der Waals surface area contributed by atoms with Crippen molar-refractivity contribution in [2.75, 3.05) is 31.2 Å². The van der Waals surface area contributed by atoms with Gasteiger partial charge in [0, 0.05) is 25.7 Å². The molecule has 0 aliphatic carbocycles. The van der Waals surface area contributed by atoms with Crippen LogP contribution < -0.4 is 10.6 Å². The molecule has 6 heteroatoms. The van der Waals surface area contributed by atoms with Crippen molar-refractivity contribution in [3.8, 4) is 0 Å². The second-order valence-corrected chi connectivity index (χ2v) is 4.68. The van der Waals surface area contributed by atoms with Gasteiger partial charge in [0.05, 0.1) is 25.5 Å². The number of ether oxygens (including phenoxy) is 2. The van der Waals surface area contributed by atoms with Crippen LogP contribution in [0.5, 0.6) is 0 Å². The van der Waals surface area contributed by atoms with Gasteiger partial charge < -0.3 is 20.1 Å². The highest BCUT2D eigenvalue weighted by molar-refractivity contribution is 5.32. The first-order chi connectivity index (χ1) is 8.81. The van der Waals surface area contributed by atoms with Crippen molar-refractivity contribution in [2.45, 2.75) is 25.2 Å². The van der Waals surface area contributed by atoms with Crippen LogP contribution in [0.25, 0.3) is 0 Å². The average molecular weight is 250 g/mol. The van der Waals surface area contributed by atoms with E-state index in [0.717, 1.165) is 31.0 Å². The summed E-state index contributed by atoms with van der Waals surface area (Å²) in [6, 6.07) is 1.84. The Hall–Kier alpha value is -1.24. The Morgan fingerprint density at radius 3 is 3.00 bits per heavy atom. The molecule has 1 aromatic rings. The minimum atomic E-state index is -0.444. The second kappa shape index (κ2) is 4.79. The number of aromatic nitrogens is 2. The van der Waals surface area contributed by atoms with Gasteiger partial charge in [-0.1, -0.05) is 0 Å². The summed E-state index contributed by atoms with van der Waals surface area (Å²) in [5.74, 6) is 0.275. The molecule has 1 spiro atoms. The smallest absolute Gasteiger partial charge is 0.225 e. The Balaban J connectivity index is 1.78. The summed E-state index contributed by atoms with van der Waals surface area (Å²) < 4.78 is 11.5. The van der Waals surface area contributed by atoms with Gasteiger partial charge in [-0.2, -0.15) is 0 Å². The zero-order valence-electron chi connectivity index (χ0n) is 10.3. The maximum Gasteiger partial charge on any atom is 0.225 e. The average Bonchev–Trinajstić information content (AvgIpc) is 2.87. The molecule has 0 saturated carbocycles. The van der Waals surface area contributed by atoms with Crippen molar-refractivity contribution in [3.05, 3.63) is 18.0 Å². The van der Waals surface area contributed by atoms with Crippen LogP contribution in [0.2, 0.25) is 0 Å². The van der Waals surface area contributed by atoms with Crippen molar-refractivity contribution >= 4 is 5.95 Å². The first kappa shape index (κ1) is 11.8. The van der Waals surface area contributed by atoms with Gasteiger partial charge in [0.2, 0.25) is 5.95 Å². The molecule has 98 valence electrons. The van der Waals surface area contributed by atoms with Crippen LogP contribution in [0.1, 0.15) is 18.5 Å². The van der Waals surface area contributed by atoms with Crippen molar-refractivity contribution in [2.24, 2.45) is 5.73 Å².